The Bertz CT molecular complexity index is 386. The van der Waals surface area contributed by atoms with Gasteiger partial charge in [-0.3, -0.25) is 10.4 Å². The predicted octanol–water partition coefficient (Wildman–Crippen LogP) is 0.232. The van der Waals surface area contributed by atoms with Crippen LogP contribution in [0.1, 0.15) is 0 Å². The average molecular weight is 320 g/mol. The molecule has 0 fully saturated rings. The second kappa shape index (κ2) is 8.11. The van der Waals surface area contributed by atoms with Crippen LogP contribution in [0.25, 0.3) is 0 Å². The van der Waals surface area contributed by atoms with Crippen LogP contribution in [0.4, 0.5) is 0 Å². The second-order valence-electron chi connectivity index (χ2n) is 2.77. The van der Waals surface area contributed by atoms with Gasteiger partial charge < -0.3 is 25.3 Å². The van der Waals surface area contributed by atoms with Crippen molar-refractivity contribution < 1.29 is 39.4 Å². The van der Waals surface area contributed by atoms with E-state index in [-0.39, 0.29) is 19.5 Å². The molecule has 2 aromatic rings. The molecule has 4 nitrogen and oxygen atoms in total. The van der Waals surface area contributed by atoms with E-state index in [9.17, 15) is 0 Å². The van der Waals surface area contributed by atoms with Gasteiger partial charge in [0.25, 0.3) is 0 Å². The fourth-order valence-corrected chi connectivity index (χ4v) is 1.12. The fraction of sp³-hybridized carbons (Fsp3) is 0. The maximum Gasteiger partial charge on any atom is 2.00 e. The van der Waals surface area contributed by atoms with Gasteiger partial charge in [0, 0.05) is 12.1 Å². The van der Waals surface area contributed by atoms with Crippen molar-refractivity contribution in [2.24, 2.45) is 0 Å². The molecule has 0 saturated carbocycles. The van der Waals surface area contributed by atoms with Crippen LogP contribution in [0.5, 0.6) is 0 Å². The molecule has 0 unspecified atom stereocenters. The second-order valence-corrected chi connectivity index (χ2v) is 3.60. The maximum atomic E-state index is 8.73. The summed E-state index contributed by atoms with van der Waals surface area (Å²) in [6.45, 7) is 0. The molecule has 2 rings (SSSR count). The zero-order valence-corrected chi connectivity index (χ0v) is 13.5. The third-order valence-corrected chi connectivity index (χ3v) is 2.25. The van der Waals surface area contributed by atoms with E-state index < -0.39 is 0 Å². The zero-order chi connectivity index (χ0) is 12.0. The van der Waals surface area contributed by atoms with Gasteiger partial charge in [0.05, 0.1) is 0 Å². The third-order valence-electron chi connectivity index (χ3n) is 1.61. The van der Waals surface area contributed by atoms with Crippen LogP contribution in [0.3, 0.4) is 0 Å². The van der Waals surface area contributed by atoms with E-state index >= 15 is 0 Å². The van der Waals surface area contributed by atoms with Crippen molar-refractivity contribution >= 4 is 25.3 Å². The Labute approximate surface area is 123 Å². The zero-order valence-electron chi connectivity index (χ0n) is 8.93. The van der Waals surface area contributed by atoms with E-state index in [4.69, 9.17) is 10.4 Å². The van der Waals surface area contributed by atoms with E-state index in [1.807, 2.05) is 0 Å². The summed E-state index contributed by atoms with van der Waals surface area (Å²) in [6.07, 6.45) is 2.98. The molecule has 0 amide bonds. The summed E-state index contributed by atoms with van der Waals surface area (Å²) < 4.78 is 1.80. The standard InChI is InChI=1S/2C5H5NOS.Zn/c2*7-6-4-2-1-3-5(6)8;/h2*1-4,7H;/q;;+2. The Kier molecular flexibility index (Phi) is 7.62. The molecule has 84 valence electrons. The molecule has 0 aliphatic heterocycles. The van der Waals surface area contributed by atoms with Crippen molar-refractivity contribution in [2.45, 2.75) is 10.1 Å². The van der Waals surface area contributed by atoms with Gasteiger partial charge in [-0.1, -0.05) is 12.1 Å². The summed E-state index contributed by atoms with van der Waals surface area (Å²) in [4.78, 5) is 0. The maximum absolute atomic E-state index is 8.73. The van der Waals surface area contributed by atoms with E-state index in [2.05, 4.69) is 25.3 Å². The van der Waals surface area contributed by atoms with Gasteiger partial charge in [-0.05, 0) is 21.6 Å². The van der Waals surface area contributed by atoms with Crippen LogP contribution >= 0.6 is 0 Å². The number of nitrogens with zero attached hydrogens (tertiary/aromatic N) is 2. The number of rotatable bonds is 0. The van der Waals surface area contributed by atoms with E-state index in [1.54, 1.807) is 36.4 Å². The number of hydrogen-bond donors (Lipinski definition) is 2. The molecule has 2 aromatic heterocycles. The molecule has 2 heterocycles. The van der Waals surface area contributed by atoms with E-state index in [0.717, 1.165) is 9.46 Å². The van der Waals surface area contributed by atoms with Gasteiger partial charge >= 0.3 is 19.5 Å². The van der Waals surface area contributed by atoms with Crippen LogP contribution in [0, 0.1) is 0 Å². The Hall–Kier alpha value is -1.04. The van der Waals surface area contributed by atoms with Gasteiger partial charge in [-0.25, -0.2) is 0 Å². The summed E-state index contributed by atoms with van der Waals surface area (Å²) in [5.41, 5.74) is 0. The number of aromatic nitrogens is 2. The molecule has 0 bridgehead atoms. The Morgan fingerprint density at radius 2 is 1.12 bits per heavy atom. The quantitative estimate of drug-likeness (QED) is 0.316. The van der Waals surface area contributed by atoms with Crippen molar-refractivity contribution in [3.8, 4) is 0 Å². The SMILES string of the molecule is O[n+]1ccccc1[S-].O[n+]1ccccc1[S-].[Zn+2]. The first kappa shape index (κ1) is 16.0. The normalized spacial score (nSPS) is 8.47. The largest absolute Gasteiger partial charge is 2.00 e. The van der Waals surface area contributed by atoms with Crippen LogP contribution < -0.4 is 9.46 Å². The van der Waals surface area contributed by atoms with Gasteiger partial charge in [-0.2, -0.15) is 0 Å². The molecular formula is C10H10N2O2S2Zn+2. The summed E-state index contributed by atoms with van der Waals surface area (Å²) >= 11 is 9.33. The molecule has 7 heteroatoms. The summed E-state index contributed by atoms with van der Waals surface area (Å²) in [5.74, 6) is 0. The van der Waals surface area contributed by atoms with Crippen molar-refractivity contribution in [1.29, 1.82) is 0 Å². The van der Waals surface area contributed by atoms with Gasteiger partial charge in [0.2, 0.25) is 12.4 Å². The minimum absolute atomic E-state index is 0. The van der Waals surface area contributed by atoms with Gasteiger partial charge in [0.1, 0.15) is 10.1 Å². The first-order valence-corrected chi connectivity index (χ1v) is 5.17. The van der Waals surface area contributed by atoms with Crippen LogP contribution in [0.2, 0.25) is 0 Å². The Morgan fingerprint density at radius 3 is 1.29 bits per heavy atom. The van der Waals surface area contributed by atoms with Crippen LogP contribution in [0.15, 0.2) is 58.8 Å². The third kappa shape index (κ3) is 5.72. The van der Waals surface area contributed by atoms with E-state index in [0.29, 0.717) is 10.1 Å². The molecule has 0 spiro atoms. The van der Waals surface area contributed by atoms with Crippen molar-refractivity contribution in [2.75, 3.05) is 0 Å². The Balaban J connectivity index is 0.000000284. The first-order valence-electron chi connectivity index (χ1n) is 4.35. The van der Waals surface area contributed by atoms with Crippen LogP contribution in [-0.2, 0) is 44.7 Å². The molecule has 0 saturated heterocycles. The summed E-state index contributed by atoms with van der Waals surface area (Å²) in [6, 6.07) is 10.3. The number of pyridine rings is 2. The number of hydrogen-bond acceptors (Lipinski definition) is 4. The monoisotopic (exact) mass is 318 g/mol. The molecule has 0 atom stereocenters. The van der Waals surface area contributed by atoms with Gasteiger partial charge in [-0.15, -0.1) is 0 Å². The average Bonchev–Trinajstić information content (AvgIpc) is 2.28. The first-order chi connectivity index (χ1) is 7.61. The summed E-state index contributed by atoms with van der Waals surface area (Å²) in [7, 11) is 0. The molecule has 0 aliphatic rings. The molecule has 0 aromatic carbocycles. The Morgan fingerprint density at radius 1 is 0.765 bits per heavy atom. The van der Waals surface area contributed by atoms with E-state index in [1.165, 1.54) is 12.4 Å². The summed E-state index contributed by atoms with van der Waals surface area (Å²) in [5, 5.41) is 18.3. The fourth-order valence-electron chi connectivity index (χ4n) is 0.838. The van der Waals surface area contributed by atoms with Gasteiger partial charge in [0.15, 0.2) is 0 Å². The molecule has 0 aliphatic carbocycles. The topological polar surface area (TPSA) is 48.2 Å². The van der Waals surface area contributed by atoms with Crippen molar-refractivity contribution in [3.63, 3.8) is 0 Å². The smallest absolute Gasteiger partial charge is 0.705 e. The molecular weight excluding hydrogens is 310 g/mol. The van der Waals surface area contributed by atoms with Crippen LogP contribution in [-0.4, -0.2) is 10.4 Å². The van der Waals surface area contributed by atoms with Crippen molar-refractivity contribution in [3.05, 3.63) is 48.8 Å². The molecule has 2 N–H and O–H groups in total. The molecule has 17 heavy (non-hydrogen) atoms. The minimum atomic E-state index is 0. The van der Waals surface area contributed by atoms with Crippen molar-refractivity contribution in [1.82, 2.24) is 0 Å². The predicted molar refractivity (Wildman–Crippen MR) is 58.9 cm³/mol. The molecule has 0 radical (unpaired) electrons. The minimum Gasteiger partial charge on any atom is -0.705 e.